The summed E-state index contributed by atoms with van der Waals surface area (Å²) in [6.07, 6.45) is 3.20. The molecule has 262 valence electrons. The Morgan fingerprint density at radius 2 is 1.49 bits per heavy atom. The van der Waals surface area contributed by atoms with Crippen molar-refractivity contribution in [1.29, 1.82) is 0 Å². The van der Waals surface area contributed by atoms with Crippen molar-refractivity contribution in [1.82, 2.24) is 24.6 Å². The van der Waals surface area contributed by atoms with Crippen LogP contribution < -0.4 is 4.90 Å². The number of piperidine rings is 1. The van der Waals surface area contributed by atoms with Crippen molar-refractivity contribution in [2.24, 2.45) is 0 Å². The van der Waals surface area contributed by atoms with E-state index in [2.05, 4.69) is 67.2 Å². The molecule has 3 fully saturated rings. The summed E-state index contributed by atoms with van der Waals surface area (Å²) in [5.74, 6) is 0.0896. The molecule has 0 atom stereocenters. The molecule has 4 heterocycles. The smallest absolute Gasteiger partial charge is 0.195 e. The minimum absolute atomic E-state index is 0.0896. The lowest BCUT2D eigenvalue weighted by atomic mass is 9.70. The Balaban J connectivity index is 0.940. The van der Waals surface area contributed by atoms with E-state index in [-0.39, 0.29) is 11.2 Å². The fourth-order valence-corrected chi connectivity index (χ4v) is 8.44. The first-order chi connectivity index (χ1) is 23.8. The van der Waals surface area contributed by atoms with Crippen molar-refractivity contribution in [3.8, 4) is 0 Å². The molecule has 0 spiro atoms. The summed E-state index contributed by atoms with van der Waals surface area (Å²) in [5.41, 5.74) is 7.25. The highest BCUT2D eigenvalue weighted by molar-refractivity contribution is 6.20. The van der Waals surface area contributed by atoms with Gasteiger partial charge in [-0.2, -0.15) is 0 Å². The van der Waals surface area contributed by atoms with E-state index in [1.807, 2.05) is 25.1 Å². The number of nitrogens with one attached hydrogen (secondary N) is 1. The summed E-state index contributed by atoms with van der Waals surface area (Å²) in [6.45, 7) is 29.6. The van der Waals surface area contributed by atoms with Gasteiger partial charge in [-0.15, -0.1) is 0 Å². The number of anilines is 1. The predicted molar refractivity (Wildman–Crippen MR) is 195 cm³/mol. The first-order valence-corrected chi connectivity index (χ1v) is 18.4. The zero-order valence-electron chi connectivity index (χ0n) is 29.9. The van der Waals surface area contributed by atoms with Gasteiger partial charge >= 0.3 is 0 Å². The number of aromatic amines is 1. The maximum absolute atomic E-state index is 14.1. The molecule has 0 amide bonds. The van der Waals surface area contributed by atoms with Crippen LogP contribution in [0.4, 0.5) is 11.4 Å². The summed E-state index contributed by atoms with van der Waals surface area (Å²) in [7, 11) is 0. The van der Waals surface area contributed by atoms with E-state index in [1.54, 1.807) is 0 Å². The average molecular weight is 668 g/mol. The molecule has 49 heavy (non-hydrogen) atoms. The number of rotatable bonds is 10. The molecule has 3 aliphatic heterocycles. The van der Waals surface area contributed by atoms with E-state index in [0.29, 0.717) is 25.2 Å². The Kier molecular flexibility index (Phi) is 10.1. The lowest BCUT2D eigenvalue weighted by Gasteiger charge is -2.44. The second-order valence-electron chi connectivity index (χ2n) is 14.7. The SMILES string of the molecule is [C-]#[N+]c1ccc2c3c([nH]c2c1)C(C)(C)c1cc(N2CCC(N4CCN(COCN5CCN(COCC)CC5)CC4)CC2)c(CC)cc1C3=O. The highest BCUT2D eigenvalue weighted by Crippen LogP contribution is 2.46. The maximum atomic E-state index is 14.1. The third-order valence-electron chi connectivity index (χ3n) is 11.5. The van der Waals surface area contributed by atoms with Gasteiger partial charge in [0.25, 0.3) is 0 Å². The van der Waals surface area contributed by atoms with Gasteiger partial charge in [0.05, 0.1) is 18.9 Å². The van der Waals surface area contributed by atoms with Gasteiger partial charge in [-0.05, 0) is 55.5 Å². The zero-order chi connectivity index (χ0) is 34.1. The van der Waals surface area contributed by atoms with Crippen LogP contribution in [0.2, 0.25) is 0 Å². The van der Waals surface area contributed by atoms with Crippen molar-refractivity contribution in [3.63, 3.8) is 0 Å². The molecule has 3 aromatic rings. The maximum Gasteiger partial charge on any atom is 0.195 e. The summed E-state index contributed by atoms with van der Waals surface area (Å²) < 4.78 is 11.7. The minimum Gasteiger partial charge on any atom is -0.371 e. The van der Waals surface area contributed by atoms with Crippen LogP contribution in [0.25, 0.3) is 15.7 Å². The van der Waals surface area contributed by atoms with Gasteiger partial charge in [-0.1, -0.05) is 32.9 Å². The van der Waals surface area contributed by atoms with E-state index >= 15 is 0 Å². The molecule has 0 saturated carbocycles. The number of carbonyl (C=O) groups is 1. The number of ketones is 1. The quantitative estimate of drug-likeness (QED) is 0.293. The number of aromatic nitrogens is 1. The minimum atomic E-state index is -0.364. The normalized spacial score (nSPS) is 21.2. The molecule has 1 aromatic heterocycles. The number of nitrogens with zero attached hydrogens (tertiary/aromatic N) is 6. The largest absolute Gasteiger partial charge is 0.371 e. The highest BCUT2D eigenvalue weighted by atomic mass is 16.5. The third kappa shape index (κ3) is 6.77. The second-order valence-corrected chi connectivity index (χ2v) is 14.7. The molecule has 3 saturated heterocycles. The molecule has 10 heteroatoms. The molecule has 0 radical (unpaired) electrons. The van der Waals surface area contributed by atoms with Crippen molar-refractivity contribution in [3.05, 3.63) is 69.7 Å². The second kappa shape index (κ2) is 14.5. The van der Waals surface area contributed by atoms with Gasteiger partial charge < -0.3 is 19.4 Å². The Morgan fingerprint density at radius 1 is 0.857 bits per heavy atom. The number of fused-ring (bicyclic) bond motifs is 4. The first-order valence-electron chi connectivity index (χ1n) is 18.4. The Labute approximate surface area is 291 Å². The number of aryl methyl sites for hydroxylation is 1. The topological polar surface area (TPSA) is 71.9 Å². The highest BCUT2D eigenvalue weighted by Gasteiger charge is 2.41. The third-order valence-corrected chi connectivity index (χ3v) is 11.5. The molecular weight excluding hydrogens is 614 g/mol. The van der Waals surface area contributed by atoms with E-state index in [1.165, 1.54) is 11.3 Å². The van der Waals surface area contributed by atoms with Crippen molar-refractivity contribution in [2.75, 3.05) is 97.1 Å². The van der Waals surface area contributed by atoms with E-state index in [0.717, 1.165) is 131 Å². The number of hydrogen-bond acceptors (Lipinski definition) is 8. The number of piperazine rings is 2. The van der Waals surface area contributed by atoms with Gasteiger partial charge in [-0.3, -0.25) is 24.4 Å². The molecule has 0 unspecified atom stereocenters. The van der Waals surface area contributed by atoms with Crippen LogP contribution in [0.5, 0.6) is 0 Å². The molecule has 1 N–H and O–H groups in total. The van der Waals surface area contributed by atoms with Crippen LogP contribution in [0.1, 0.15) is 73.3 Å². The van der Waals surface area contributed by atoms with Gasteiger partial charge in [0.1, 0.15) is 13.5 Å². The average Bonchev–Trinajstić information content (AvgIpc) is 3.54. The van der Waals surface area contributed by atoms with Gasteiger partial charge in [0.2, 0.25) is 0 Å². The van der Waals surface area contributed by atoms with Gasteiger partial charge in [0, 0.05) is 111 Å². The summed E-state index contributed by atoms with van der Waals surface area (Å²) in [6, 6.07) is 10.7. The summed E-state index contributed by atoms with van der Waals surface area (Å²) >= 11 is 0. The molecule has 1 aliphatic carbocycles. The van der Waals surface area contributed by atoms with Crippen molar-refractivity contribution in [2.45, 2.75) is 58.4 Å². The fourth-order valence-electron chi connectivity index (χ4n) is 8.44. The lowest BCUT2D eigenvalue weighted by Crippen LogP contribution is -2.54. The summed E-state index contributed by atoms with van der Waals surface area (Å²) in [4.78, 5) is 33.7. The monoisotopic (exact) mass is 667 g/mol. The lowest BCUT2D eigenvalue weighted by molar-refractivity contribution is -0.0668. The molecule has 10 nitrogen and oxygen atoms in total. The summed E-state index contributed by atoms with van der Waals surface area (Å²) in [5, 5.41) is 0.909. The van der Waals surface area contributed by atoms with Gasteiger partial charge in [-0.25, -0.2) is 4.85 Å². The van der Waals surface area contributed by atoms with Crippen LogP contribution in [0.15, 0.2) is 30.3 Å². The molecule has 2 aromatic carbocycles. The molecule has 4 aliphatic rings. The molecule has 0 bridgehead atoms. The van der Waals surface area contributed by atoms with E-state index in [9.17, 15) is 4.79 Å². The van der Waals surface area contributed by atoms with E-state index in [4.69, 9.17) is 16.0 Å². The number of hydrogen-bond donors (Lipinski definition) is 1. The molecule has 7 rings (SSSR count). The number of carbonyl (C=O) groups excluding carboxylic acids is 1. The van der Waals surface area contributed by atoms with Crippen molar-refractivity contribution >= 4 is 28.1 Å². The Hall–Kier alpha value is -3.30. The van der Waals surface area contributed by atoms with Crippen LogP contribution in [-0.4, -0.2) is 129 Å². The Bertz CT molecular complexity index is 1690. The van der Waals surface area contributed by atoms with Crippen molar-refractivity contribution < 1.29 is 14.3 Å². The standard InChI is InChI=1S/C39H53N7O3/c1-6-28-22-32-33(39(3,4)38-36(37(32)47)31-9-8-29(40-5)23-34(31)41-38)24-35(28)46-12-10-30(11-13-46)45-20-18-44(19-21-45)27-49-26-43-16-14-42(15-17-43)25-48-7-2/h8-9,22-24,30,41H,6-7,10-21,25-27H2,1-4H3. The Morgan fingerprint density at radius 3 is 2.10 bits per heavy atom. The fraction of sp³-hybridized carbons (Fsp3) is 0.590. The molecular formula is C39H53N7O3. The zero-order valence-corrected chi connectivity index (χ0v) is 29.9. The van der Waals surface area contributed by atoms with Crippen LogP contribution in [0.3, 0.4) is 0 Å². The van der Waals surface area contributed by atoms with E-state index < -0.39 is 0 Å². The van der Waals surface area contributed by atoms with Crippen LogP contribution in [-0.2, 0) is 21.3 Å². The van der Waals surface area contributed by atoms with Crippen LogP contribution >= 0.6 is 0 Å². The number of benzene rings is 2. The van der Waals surface area contributed by atoms with Gasteiger partial charge in [0.15, 0.2) is 11.5 Å². The number of H-pyrrole nitrogens is 1. The first kappa shape index (κ1) is 34.2. The van der Waals surface area contributed by atoms with Crippen LogP contribution in [0, 0.1) is 6.57 Å². The number of ether oxygens (including phenoxy) is 2. The predicted octanol–water partition coefficient (Wildman–Crippen LogP) is 5.28.